The van der Waals surface area contributed by atoms with Gasteiger partial charge in [0.25, 0.3) is 0 Å². The van der Waals surface area contributed by atoms with Crippen LogP contribution in [-0.4, -0.2) is 21.6 Å². The summed E-state index contributed by atoms with van der Waals surface area (Å²) in [5.41, 5.74) is 4.76. The second kappa shape index (κ2) is 6.80. The molecule has 2 aromatic carbocycles. The minimum atomic E-state index is -0.0376. The zero-order valence-electron chi connectivity index (χ0n) is 14.6. The predicted octanol–water partition coefficient (Wildman–Crippen LogP) is 3.58. The number of carbonyl (C=O) groups excluding carboxylic acids is 1. The number of pyridine rings is 1. The van der Waals surface area contributed by atoms with Crippen LogP contribution in [0.15, 0.2) is 59.8 Å². The van der Waals surface area contributed by atoms with Gasteiger partial charge in [0.1, 0.15) is 0 Å². The predicted molar refractivity (Wildman–Crippen MR) is 105 cm³/mol. The van der Waals surface area contributed by atoms with Crippen molar-refractivity contribution >= 4 is 45.3 Å². The molecule has 0 saturated heterocycles. The molecule has 5 nitrogen and oxygen atoms in total. The van der Waals surface area contributed by atoms with Gasteiger partial charge in [-0.1, -0.05) is 30.3 Å². The van der Waals surface area contributed by atoms with Gasteiger partial charge in [-0.3, -0.25) is 9.78 Å². The number of hydrogen-bond donors (Lipinski definition) is 2. The van der Waals surface area contributed by atoms with Gasteiger partial charge >= 0.3 is 5.16 Å². The molecule has 0 bridgehead atoms. The van der Waals surface area contributed by atoms with Gasteiger partial charge in [-0.25, -0.2) is 9.55 Å². The number of H-pyrrole nitrogens is 1. The van der Waals surface area contributed by atoms with Crippen molar-refractivity contribution in [2.45, 2.75) is 12.1 Å². The average molecular weight is 363 g/mol. The third-order valence-corrected chi connectivity index (χ3v) is 5.33. The zero-order chi connectivity index (χ0) is 18.1. The van der Waals surface area contributed by atoms with Crippen LogP contribution in [0, 0.1) is 6.92 Å². The lowest BCUT2D eigenvalue weighted by Crippen LogP contribution is -2.29. The summed E-state index contributed by atoms with van der Waals surface area (Å²) >= 11 is 1.49. The van der Waals surface area contributed by atoms with Gasteiger partial charge in [0, 0.05) is 11.1 Å². The van der Waals surface area contributed by atoms with Gasteiger partial charge in [0.15, 0.2) is 11.0 Å². The molecule has 0 aliphatic carbocycles. The van der Waals surface area contributed by atoms with E-state index < -0.39 is 0 Å². The maximum absolute atomic E-state index is 12.5. The molecule has 1 amide bonds. The van der Waals surface area contributed by atoms with Crippen LogP contribution in [0.5, 0.6) is 0 Å². The molecule has 0 unspecified atom stereocenters. The summed E-state index contributed by atoms with van der Waals surface area (Å²) in [6, 6.07) is 17.8. The van der Waals surface area contributed by atoms with Crippen LogP contribution in [0.4, 0.5) is 5.69 Å². The molecule has 0 spiro atoms. The number of thioether (sulfide) groups is 1. The first-order chi connectivity index (χ1) is 12.6. The van der Waals surface area contributed by atoms with E-state index in [2.05, 4.69) is 25.9 Å². The molecule has 2 heterocycles. The topological polar surface area (TPSA) is 61.7 Å². The number of aromatic amines is 1. The Morgan fingerprint density at radius 2 is 1.96 bits per heavy atom. The fourth-order valence-electron chi connectivity index (χ4n) is 3.04. The van der Waals surface area contributed by atoms with Crippen LogP contribution >= 0.6 is 11.8 Å². The Labute approximate surface area is 155 Å². The van der Waals surface area contributed by atoms with E-state index in [0.29, 0.717) is 5.75 Å². The van der Waals surface area contributed by atoms with E-state index in [0.717, 1.165) is 38.5 Å². The van der Waals surface area contributed by atoms with Crippen LogP contribution in [0.1, 0.15) is 5.69 Å². The third-order valence-electron chi connectivity index (χ3n) is 4.27. The molecular weight excluding hydrogens is 344 g/mol. The summed E-state index contributed by atoms with van der Waals surface area (Å²) < 4.78 is 2.07. The second-order valence-corrected chi connectivity index (χ2v) is 7.14. The quantitative estimate of drug-likeness (QED) is 0.430. The minimum absolute atomic E-state index is 0.0376. The van der Waals surface area contributed by atoms with Gasteiger partial charge in [0.05, 0.1) is 24.0 Å². The van der Waals surface area contributed by atoms with Crippen LogP contribution in [0.25, 0.3) is 21.9 Å². The van der Waals surface area contributed by atoms with E-state index in [1.807, 2.05) is 62.5 Å². The Morgan fingerprint density at radius 3 is 2.81 bits per heavy atom. The molecule has 4 aromatic rings. The molecule has 4 rings (SSSR count). The van der Waals surface area contributed by atoms with Crippen molar-refractivity contribution in [1.82, 2.24) is 9.97 Å². The first-order valence-electron chi connectivity index (χ1n) is 8.37. The normalized spacial score (nSPS) is 11.2. The number of benzene rings is 2. The minimum Gasteiger partial charge on any atom is -0.325 e. The summed E-state index contributed by atoms with van der Waals surface area (Å²) in [5.74, 6) is 0.292. The van der Waals surface area contributed by atoms with Crippen LogP contribution in [0.3, 0.4) is 0 Å². The Morgan fingerprint density at radius 1 is 1.19 bits per heavy atom. The number of aromatic nitrogens is 3. The number of para-hydroxylation sites is 3. The number of nitrogens with zero attached hydrogens (tertiary/aromatic N) is 2. The number of amides is 1. The fraction of sp³-hybridized carbons (Fsp3) is 0.150. The number of anilines is 1. The van der Waals surface area contributed by atoms with E-state index in [1.54, 1.807) is 0 Å². The van der Waals surface area contributed by atoms with E-state index >= 15 is 0 Å². The molecular formula is C20H19N4OS+. The summed E-state index contributed by atoms with van der Waals surface area (Å²) in [4.78, 5) is 20.4. The smallest absolute Gasteiger partial charge is 0.317 e. The largest absolute Gasteiger partial charge is 0.325 e. The van der Waals surface area contributed by atoms with Crippen molar-refractivity contribution in [2.75, 3.05) is 11.1 Å². The van der Waals surface area contributed by atoms with E-state index in [-0.39, 0.29) is 5.91 Å². The molecule has 0 saturated carbocycles. The molecule has 6 heteroatoms. The van der Waals surface area contributed by atoms with Crippen molar-refractivity contribution in [2.24, 2.45) is 7.05 Å². The number of aryl methyl sites for hydroxylation is 2. The number of imidazole rings is 1. The van der Waals surface area contributed by atoms with E-state index in [1.165, 1.54) is 11.8 Å². The molecule has 2 N–H and O–H groups in total. The lowest BCUT2D eigenvalue weighted by Gasteiger charge is -2.09. The summed E-state index contributed by atoms with van der Waals surface area (Å²) in [5, 5.41) is 4.93. The lowest BCUT2D eigenvalue weighted by molar-refractivity contribution is -0.683. The van der Waals surface area contributed by atoms with Crippen molar-refractivity contribution in [3.63, 3.8) is 0 Å². The molecule has 0 aliphatic heterocycles. The number of carbonyl (C=O) groups is 1. The van der Waals surface area contributed by atoms with Crippen molar-refractivity contribution in [3.05, 3.63) is 60.3 Å². The van der Waals surface area contributed by atoms with Gasteiger partial charge in [-0.15, -0.1) is 0 Å². The highest BCUT2D eigenvalue weighted by molar-refractivity contribution is 7.99. The van der Waals surface area contributed by atoms with Crippen LogP contribution in [-0.2, 0) is 11.8 Å². The SMILES string of the molecule is Cc1cc(NC(=O)CSc2[nH]c3ccccc3[n+]2C)c2ccccc2n1. The maximum Gasteiger partial charge on any atom is 0.317 e. The monoisotopic (exact) mass is 363 g/mol. The fourth-order valence-corrected chi connectivity index (χ4v) is 3.86. The Bertz CT molecular complexity index is 1120. The molecule has 0 atom stereocenters. The van der Waals surface area contributed by atoms with Gasteiger partial charge < -0.3 is 5.32 Å². The highest BCUT2D eigenvalue weighted by Gasteiger charge is 2.17. The summed E-state index contributed by atoms with van der Waals surface area (Å²) in [6.07, 6.45) is 0. The maximum atomic E-state index is 12.5. The Hall–Kier alpha value is -2.86. The number of nitrogens with one attached hydrogen (secondary N) is 2. The molecule has 0 fully saturated rings. The highest BCUT2D eigenvalue weighted by atomic mass is 32.2. The second-order valence-electron chi connectivity index (χ2n) is 6.17. The van der Waals surface area contributed by atoms with Gasteiger partial charge in [-0.05, 0) is 43.0 Å². The van der Waals surface area contributed by atoms with Crippen molar-refractivity contribution in [1.29, 1.82) is 0 Å². The highest BCUT2D eigenvalue weighted by Crippen LogP contribution is 2.23. The molecule has 26 heavy (non-hydrogen) atoms. The van der Waals surface area contributed by atoms with Crippen molar-refractivity contribution in [3.8, 4) is 0 Å². The van der Waals surface area contributed by atoms with Crippen molar-refractivity contribution < 1.29 is 9.36 Å². The third kappa shape index (κ3) is 3.15. The number of rotatable bonds is 4. The first kappa shape index (κ1) is 16.6. The molecule has 0 radical (unpaired) electrons. The average Bonchev–Trinajstić information content (AvgIpc) is 2.96. The number of hydrogen-bond acceptors (Lipinski definition) is 3. The Kier molecular flexibility index (Phi) is 4.34. The molecule has 130 valence electrons. The molecule has 2 aromatic heterocycles. The van der Waals surface area contributed by atoms with Crippen LogP contribution in [0.2, 0.25) is 0 Å². The zero-order valence-corrected chi connectivity index (χ0v) is 15.4. The van der Waals surface area contributed by atoms with E-state index in [9.17, 15) is 4.79 Å². The molecule has 0 aliphatic rings. The van der Waals surface area contributed by atoms with Crippen LogP contribution < -0.4 is 9.88 Å². The standard InChI is InChI=1S/C20H18N4OS/c1-13-11-17(14-7-3-4-8-15(14)21-13)22-19(25)12-26-20-23-16-9-5-6-10-18(16)24(20)2/h3-11H,12H2,1-2H3,(H,21,22,25)/p+1. The lowest BCUT2D eigenvalue weighted by atomic mass is 10.1. The van der Waals surface area contributed by atoms with Gasteiger partial charge in [0.2, 0.25) is 5.91 Å². The van der Waals surface area contributed by atoms with Gasteiger partial charge in [-0.2, -0.15) is 0 Å². The van der Waals surface area contributed by atoms with E-state index in [4.69, 9.17) is 0 Å². The summed E-state index contributed by atoms with van der Waals surface area (Å²) in [7, 11) is 2.00. The number of fused-ring (bicyclic) bond motifs is 2. The first-order valence-corrected chi connectivity index (χ1v) is 9.36. The summed E-state index contributed by atoms with van der Waals surface area (Å²) in [6.45, 7) is 1.93. The Balaban J connectivity index is 1.52.